The number of ether oxygens (including phenoxy) is 1. The minimum absolute atomic E-state index is 0.0487. The van der Waals surface area contributed by atoms with Crippen molar-refractivity contribution in [1.29, 1.82) is 0 Å². The molecule has 0 amide bonds. The summed E-state index contributed by atoms with van der Waals surface area (Å²) in [7, 11) is 0.141. The lowest BCUT2D eigenvalue weighted by molar-refractivity contribution is 0.0813. The average molecular weight is 433 g/mol. The highest BCUT2D eigenvalue weighted by Crippen LogP contribution is 2.36. The predicted octanol–water partition coefficient (Wildman–Crippen LogP) is 2.99. The molecule has 0 unspecified atom stereocenters. The second kappa shape index (κ2) is 9.06. The number of likely N-dealkylation sites (N-methyl/N-ethyl adjacent to an activating group) is 1. The molecule has 2 aromatic carbocycles. The standard InChI is InChI=1S/C23H32N2O4S/c1-16-6-8-19(9-7-16)20-10-11-23-21(12-20)29-22(14-24(4)5)17(2)13-25(18(3)15-26)30(23,27)28/h6-12,17-18,22,26H,13-15H2,1-5H3/t17-,18-,22+/m0/s1. The first-order chi connectivity index (χ1) is 14.1. The molecule has 0 aromatic heterocycles. The molecule has 0 aliphatic carbocycles. The van der Waals surface area contributed by atoms with Crippen LogP contribution in [0.1, 0.15) is 19.4 Å². The normalized spacial score (nSPS) is 22.6. The molecule has 0 spiro atoms. The summed E-state index contributed by atoms with van der Waals surface area (Å²) in [6, 6.07) is 12.9. The highest BCUT2D eigenvalue weighted by molar-refractivity contribution is 7.89. The number of sulfonamides is 1. The topological polar surface area (TPSA) is 70.1 Å². The van der Waals surface area contributed by atoms with Gasteiger partial charge in [0.15, 0.2) is 0 Å². The lowest BCUT2D eigenvalue weighted by Crippen LogP contribution is -2.49. The van der Waals surface area contributed by atoms with E-state index in [9.17, 15) is 13.5 Å². The second-order valence-electron chi connectivity index (χ2n) is 8.53. The molecule has 30 heavy (non-hydrogen) atoms. The second-order valence-corrected chi connectivity index (χ2v) is 10.4. The van der Waals surface area contributed by atoms with Gasteiger partial charge in [0.25, 0.3) is 0 Å². The number of hydrogen-bond donors (Lipinski definition) is 1. The van der Waals surface area contributed by atoms with Gasteiger partial charge >= 0.3 is 0 Å². The van der Waals surface area contributed by atoms with Crippen LogP contribution < -0.4 is 4.74 Å². The maximum absolute atomic E-state index is 13.5. The minimum atomic E-state index is -3.81. The molecule has 0 saturated carbocycles. The van der Waals surface area contributed by atoms with Crippen molar-refractivity contribution in [3.63, 3.8) is 0 Å². The third kappa shape index (κ3) is 4.70. The van der Waals surface area contributed by atoms with Gasteiger partial charge in [-0.1, -0.05) is 42.8 Å². The number of aryl methyl sites for hydroxylation is 1. The van der Waals surface area contributed by atoms with Crippen molar-refractivity contribution < 1.29 is 18.3 Å². The number of nitrogens with zero attached hydrogens (tertiary/aromatic N) is 2. The van der Waals surface area contributed by atoms with Gasteiger partial charge in [-0.05, 0) is 51.2 Å². The van der Waals surface area contributed by atoms with E-state index in [0.29, 0.717) is 18.8 Å². The molecule has 1 aliphatic heterocycles. The number of hydrogen-bond acceptors (Lipinski definition) is 5. The Bertz CT molecular complexity index is 973. The van der Waals surface area contributed by atoms with Crippen LogP contribution in [0.3, 0.4) is 0 Å². The van der Waals surface area contributed by atoms with Crippen LogP contribution in [0.5, 0.6) is 5.75 Å². The number of fused-ring (bicyclic) bond motifs is 1. The maximum atomic E-state index is 13.5. The van der Waals surface area contributed by atoms with Crippen LogP contribution in [-0.4, -0.2) is 68.7 Å². The third-order valence-corrected chi connectivity index (χ3v) is 7.62. The van der Waals surface area contributed by atoms with E-state index in [0.717, 1.165) is 16.7 Å². The zero-order chi connectivity index (χ0) is 22.1. The van der Waals surface area contributed by atoms with Crippen LogP contribution in [0.25, 0.3) is 11.1 Å². The van der Waals surface area contributed by atoms with Gasteiger partial charge in [-0.3, -0.25) is 0 Å². The molecule has 1 N–H and O–H groups in total. The van der Waals surface area contributed by atoms with Crippen LogP contribution in [-0.2, 0) is 10.0 Å². The number of rotatable bonds is 5. The zero-order valence-corrected chi connectivity index (χ0v) is 19.2. The van der Waals surface area contributed by atoms with Crippen molar-refractivity contribution in [3.8, 4) is 16.9 Å². The lowest BCUT2D eigenvalue weighted by Gasteiger charge is -2.37. The number of aliphatic hydroxyl groups is 1. The summed E-state index contributed by atoms with van der Waals surface area (Å²) in [5, 5.41) is 9.70. The molecule has 0 radical (unpaired) electrons. The fraction of sp³-hybridized carbons (Fsp3) is 0.478. The predicted molar refractivity (Wildman–Crippen MR) is 119 cm³/mol. The van der Waals surface area contributed by atoms with Gasteiger partial charge in [-0.25, -0.2) is 8.42 Å². The van der Waals surface area contributed by atoms with Crippen molar-refractivity contribution in [2.75, 3.05) is 33.8 Å². The summed E-state index contributed by atoms with van der Waals surface area (Å²) in [6.45, 7) is 6.48. The van der Waals surface area contributed by atoms with Gasteiger partial charge < -0.3 is 14.7 Å². The largest absolute Gasteiger partial charge is 0.487 e. The van der Waals surface area contributed by atoms with Gasteiger partial charge in [0, 0.05) is 25.0 Å². The van der Waals surface area contributed by atoms with Crippen molar-refractivity contribution in [2.24, 2.45) is 5.92 Å². The fourth-order valence-electron chi connectivity index (χ4n) is 3.73. The summed E-state index contributed by atoms with van der Waals surface area (Å²) in [5.74, 6) is 0.314. The lowest BCUT2D eigenvalue weighted by atomic mass is 10.0. The third-order valence-electron chi connectivity index (χ3n) is 5.60. The monoisotopic (exact) mass is 432 g/mol. The van der Waals surface area contributed by atoms with Crippen LogP contribution in [0.2, 0.25) is 0 Å². The smallest absolute Gasteiger partial charge is 0.247 e. The van der Waals surface area contributed by atoms with E-state index in [4.69, 9.17) is 4.74 Å². The van der Waals surface area contributed by atoms with Crippen LogP contribution >= 0.6 is 0 Å². The van der Waals surface area contributed by atoms with Crippen LogP contribution in [0, 0.1) is 12.8 Å². The highest BCUT2D eigenvalue weighted by atomic mass is 32.2. The quantitative estimate of drug-likeness (QED) is 0.787. The molecular weight excluding hydrogens is 400 g/mol. The first kappa shape index (κ1) is 22.7. The molecule has 1 heterocycles. The van der Waals surface area contributed by atoms with Gasteiger partial charge in [0.1, 0.15) is 16.7 Å². The molecule has 7 heteroatoms. The van der Waals surface area contributed by atoms with Gasteiger partial charge in [-0.2, -0.15) is 4.31 Å². The Morgan fingerprint density at radius 2 is 1.80 bits per heavy atom. The van der Waals surface area contributed by atoms with Crippen molar-refractivity contribution >= 4 is 10.0 Å². The van der Waals surface area contributed by atoms with Gasteiger partial charge in [0.05, 0.1) is 6.61 Å². The van der Waals surface area contributed by atoms with E-state index in [1.807, 2.05) is 69.2 Å². The Hall–Kier alpha value is -1.93. The van der Waals surface area contributed by atoms with E-state index in [1.165, 1.54) is 4.31 Å². The van der Waals surface area contributed by atoms with Crippen LogP contribution in [0.15, 0.2) is 47.4 Å². The molecule has 6 nitrogen and oxygen atoms in total. The molecule has 3 atom stereocenters. The highest BCUT2D eigenvalue weighted by Gasteiger charge is 2.37. The first-order valence-corrected chi connectivity index (χ1v) is 11.7. The molecule has 2 aromatic rings. The van der Waals surface area contributed by atoms with Gasteiger partial charge in [-0.15, -0.1) is 0 Å². The minimum Gasteiger partial charge on any atom is -0.487 e. The molecule has 1 aliphatic rings. The van der Waals surface area contributed by atoms with Gasteiger partial charge in [0.2, 0.25) is 10.0 Å². The Balaban J connectivity index is 2.14. The molecule has 0 saturated heterocycles. The molecule has 0 fully saturated rings. The SMILES string of the molecule is Cc1ccc(-c2ccc3c(c2)O[C@H](CN(C)C)[C@@H](C)CN([C@@H](C)CO)S3(=O)=O)cc1. The van der Waals surface area contributed by atoms with Crippen molar-refractivity contribution in [2.45, 2.75) is 37.8 Å². The van der Waals surface area contributed by atoms with E-state index >= 15 is 0 Å². The van der Waals surface area contributed by atoms with E-state index in [-0.39, 0.29) is 23.5 Å². The average Bonchev–Trinajstić information content (AvgIpc) is 2.70. The Labute approximate surface area is 180 Å². The maximum Gasteiger partial charge on any atom is 0.247 e. The Morgan fingerprint density at radius 3 is 2.40 bits per heavy atom. The molecule has 0 bridgehead atoms. The van der Waals surface area contributed by atoms with Crippen molar-refractivity contribution in [1.82, 2.24) is 9.21 Å². The van der Waals surface area contributed by atoms with Crippen LogP contribution in [0.4, 0.5) is 0 Å². The summed E-state index contributed by atoms with van der Waals surface area (Å²) >= 11 is 0. The molecule has 3 rings (SSSR count). The summed E-state index contributed by atoms with van der Waals surface area (Å²) < 4.78 is 34.7. The number of aliphatic hydroxyl groups excluding tert-OH is 1. The fourth-order valence-corrected chi connectivity index (χ4v) is 5.55. The van der Waals surface area contributed by atoms with Crippen molar-refractivity contribution in [3.05, 3.63) is 48.0 Å². The van der Waals surface area contributed by atoms with E-state index in [2.05, 4.69) is 0 Å². The summed E-state index contributed by atoms with van der Waals surface area (Å²) in [5.41, 5.74) is 3.07. The first-order valence-electron chi connectivity index (χ1n) is 10.3. The van der Waals surface area contributed by atoms with E-state index < -0.39 is 16.1 Å². The molecule has 164 valence electrons. The summed E-state index contributed by atoms with van der Waals surface area (Å²) in [6.07, 6.45) is -0.184. The Kier molecular flexibility index (Phi) is 6.87. The van der Waals surface area contributed by atoms with E-state index in [1.54, 1.807) is 13.0 Å². The number of benzene rings is 2. The Morgan fingerprint density at radius 1 is 1.17 bits per heavy atom. The zero-order valence-electron chi connectivity index (χ0n) is 18.4. The molecular formula is C23H32N2O4S. The summed E-state index contributed by atoms with van der Waals surface area (Å²) in [4.78, 5) is 2.19.